The second kappa shape index (κ2) is 4.77. The first kappa shape index (κ1) is 10.7. The Labute approximate surface area is 91.4 Å². The Kier molecular flexibility index (Phi) is 3.39. The number of hydrogen-bond acceptors (Lipinski definition) is 2. The molecule has 2 N–H and O–H groups in total. The first-order valence-corrected chi connectivity index (χ1v) is 5.63. The number of ether oxygens (including phenoxy) is 1. The summed E-state index contributed by atoms with van der Waals surface area (Å²) in [6.45, 7) is 0.679. The Hall–Kier alpha value is -0.860. The van der Waals surface area contributed by atoms with Gasteiger partial charge in [-0.15, -0.1) is 0 Å². The van der Waals surface area contributed by atoms with Gasteiger partial charge in [0.15, 0.2) is 0 Å². The van der Waals surface area contributed by atoms with Crippen LogP contribution in [-0.4, -0.2) is 7.11 Å². The van der Waals surface area contributed by atoms with Gasteiger partial charge in [0.2, 0.25) is 0 Å². The SMILES string of the molecule is COCc1ccc([C@@H](N)CC2CC2)cc1. The van der Waals surface area contributed by atoms with Crippen molar-refractivity contribution < 1.29 is 4.74 Å². The summed E-state index contributed by atoms with van der Waals surface area (Å²) in [4.78, 5) is 0. The Balaban J connectivity index is 1.95. The van der Waals surface area contributed by atoms with Crippen LogP contribution in [0.25, 0.3) is 0 Å². The van der Waals surface area contributed by atoms with E-state index in [1.807, 2.05) is 0 Å². The molecule has 0 radical (unpaired) electrons. The number of nitrogens with two attached hydrogens (primary N) is 1. The van der Waals surface area contributed by atoms with Crippen molar-refractivity contribution in [1.82, 2.24) is 0 Å². The van der Waals surface area contributed by atoms with Crippen LogP contribution in [0.3, 0.4) is 0 Å². The normalized spacial score (nSPS) is 17.7. The summed E-state index contributed by atoms with van der Waals surface area (Å²) >= 11 is 0. The number of hydrogen-bond donors (Lipinski definition) is 1. The molecule has 0 aromatic heterocycles. The average Bonchev–Trinajstić information content (AvgIpc) is 3.03. The molecular weight excluding hydrogens is 186 g/mol. The molecule has 1 aromatic carbocycles. The zero-order valence-corrected chi connectivity index (χ0v) is 9.28. The molecule has 82 valence electrons. The van der Waals surface area contributed by atoms with Gasteiger partial charge in [-0.2, -0.15) is 0 Å². The third-order valence-corrected chi connectivity index (χ3v) is 3.00. The van der Waals surface area contributed by atoms with Crippen LogP contribution in [0.2, 0.25) is 0 Å². The molecule has 0 heterocycles. The number of rotatable bonds is 5. The highest BCUT2D eigenvalue weighted by atomic mass is 16.5. The zero-order chi connectivity index (χ0) is 10.7. The Morgan fingerprint density at radius 2 is 2.00 bits per heavy atom. The van der Waals surface area contributed by atoms with Gasteiger partial charge in [0.05, 0.1) is 6.61 Å². The maximum absolute atomic E-state index is 6.13. The average molecular weight is 205 g/mol. The molecule has 2 rings (SSSR count). The van der Waals surface area contributed by atoms with Crippen LogP contribution in [0.1, 0.15) is 36.4 Å². The van der Waals surface area contributed by atoms with E-state index in [-0.39, 0.29) is 6.04 Å². The van der Waals surface area contributed by atoms with Crippen LogP contribution in [0.4, 0.5) is 0 Å². The van der Waals surface area contributed by atoms with E-state index < -0.39 is 0 Å². The topological polar surface area (TPSA) is 35.2 Å². The molecule has 0 bridgehead atoms. The van der Waals surface area contributed by atoms with E-state index in [0.717, 1.165) is 12.3 Å². The molecule has 0 unspecified atom stereocenters. The van der Waals surface area contributed by atoms with E-state index in [2.05, 4.69) is 24.3 Å². The van der Waals surface area contributed by atoms with Gasteiger partial charge in [0.1, 0.15) is 0 Å². The highest BCUT2D eigenvalue weighted by molar-refractivity contribution is 5.24. The molecule has 15 heavy (non-hydrogen) atoms. The molecule has 1 saturated carbocycles. The fourth-order valence-electron chi connectivity index (χ4n) is 1.88. The van der Waals surface area contributed by atoms with Gasteiger partial charge in [-0.05, 0) is 23.5 Å². The number of methoxy groups -OCH3 is 1. The summed E-state index contributed by atoms with van der Waals surface area (Å²) in [7, 11) is 1.72. The maximum Gasteiger partial charge on any atom is 0.0713 e. The molecule has 1 aromatic rings. The molecule has 1 aliphatic rings. The highest BCUT2D eigenvalue weighted by Gasteiger charge is 2.24. The van der Waals surface area contributed by atoms with Gasteiger partial charge >= 0.3 is 0 Å². The maximum atomic E-state index is 6.13. The molecular formula is C13H19NO. The quantitative estimate of drug-likeness (QED) is 0.802. The lowest BCUT2D eigenvalue weighted by atomic mass is 10.0. The van der Waals surface area contributed by atoms with E-state index in [1.54, 1.807) is 7.11 Å². The monoisotopic (exact) mass is 205 g/mol. The van der Waals surface area contributed by atoms with E-state index in [1.165, 1.54) is 24.0 Å². The summed E-state index contributed by atoms with van der Waals surface area (Å²) in [6.07, 6.45) is 3.88. The van der Waals surface area contributed by atoms with Crippen LogP contribution in [-0.2, 0) is 11.3 Å². The van der Waals surface area contributed by atoms with Crippen LogP contribution in [0, 0.1) is 5.92 Å². The summed E-state index contributed by atoms with van der Waals surface area (Å²) in [5.41, 5.74) is 8.59. The van der Waals surface area contributed by atoms with E-state index in [4.69, 9.17) is 10.5 Å². The van der Waals surface area contributed by atoms with E-state index >= 15 is 0 Å². The van der Waals surface area contributed by atoms with Crippen LogP contribution in [0.15, 0.2) is 24.3 Å². The van der Waals surface area contributed by atoms with Gasteiger partial charge in [0.25, 0.3) is 0 Å². The molecule has 0 aliphatic heterocycles. The highest BCUT2D eigenvalue weighted by Crippen LogP contribution is 2.36. The first-order chi connectivity index (χ1) is 7.29. The second-order valence-corrected chi connectivity index (χ2v) is 4.46. The van der Waals surface area contributed by atoms with Gasteiger partial charge < -0.3 is 10.5 Å². The fourth-order valence-corrected chi connectivity index (χ4v) is 1.88. The van der Waals surface area contributed by atoms with Crippen LogP contribution < -0.4 is 5.73 Å². The zero-order valence-electron chi connectivity index (χ0n) is 9.28. The predicted octanol–water partition coefficient (Wildman–Crippen LogP) is 2.63. The van der Waals surface area contributed by atoms with Crippen molar-refractivity contribution in [3.63, 3.8) is 0 Å². The van der Waals surface area contributed by atoms with Crippen molar-refractivity contribution in [1.29, 1.82) is 0 Å². The lowest BCUT2D eigenvalue weighted by Crippen LogP contribution is -2.10. The van der Waals surface area contributed by atoms with Crippen molar-refractivity contribution in [2.75, 3.05) is 7.11 Å². The number of benzene rings is 1. The van der Waals surface area contributed by atoms with E-state index in [0.29, 0.717) is 6.61 Å². The van der Waals surface area contributed by atoms with Crippen LogP contribution >= 0.6 is 0 Å². The Morgan fingerprint density at radius 1 is 1.33 bits per heavy atom. The third-order valence-electron chi connectivity index (χ3n) is 3.00. The van der Waals surface area contributed by atoms with Gasteiger partial charge in [-0.25, -0.2) is 0 Å². The van der Waals surface area contributed by atoms with Gasteiger partial charge in [-0.3, -0.25) is 0 Å². The minimum atomic E-state index is 0.217. The minimum Gasteiger partial charge on any atom is -0.380 e. The van der Waals surface area contributed by atoms with Crippen molar-refractivity contribution in [2.45, 2.75) is 31.9 Å². The standard InChI is InChI=1S/C13H19NO/c1-15-9-11-4-6-12(7-5-11)13(14)8-10-2-3-10/h4-7,10,13H,2-3,8-9,14H2,1H3/t13-/m0/s1. The lowest BCUT2D eigenvalue weighted by Gasteiger charge is -2.11. The summed E-state index contributed by atoms with van der Waals surface area (Å²) in [6, 6.07) is 8.68. The molecule has 2 nitrogen and oxygen atoms in total. The third kappa shape index (κ3) is 3.05. The molecule has 0 saturated heterocycles. The summed E-state index contributed by atoms with van der Waals surface area (Å²) in [5, 5.41) is 0. The van der Waals surface area contributed by atoms with Crippen LogP contribution in [0.5, 0.6) is 0 Å². The molecule has 1 fully saturated rings. The van der Waals surface area contributed by atoms with Crippen molar-refractivity contribution >= 4 is 0 Å². The van der Waals surface area contributed by atoms with Crippen molar-refractivity contribution in [3.05, 3.63) is 35.4 Å². The summed E-state index contributed by atoms with van der Waals surface area (Å²) < 4.78 is 5.07. The van der Waals surface area contributed by atoms with Gasteiger partial charge in [-0.1, -0.05) is 37.1 Å². The van der Waals surface area contributed by atoms with Gasteiger partial charge in [0, 0.05) is 13.2 Å². The Bertz CT molecular complexity index is 303. The summed E-state index contributed by atoms with van der Waals surface area (Å²) in [5.74, 6) is 0.888. The van der Waals surface area contributed by atoms with E-state index in [9.17, 15) is 0 Å². The second-order valence-electron chi connectivity index (χ2n) is 4.46. The Morgan fingerprint density at radius 3 is 2.53 bits per heavy atom. The first-order valence-electron chi connectivity index (χ1n) is 5.63. The smallest absolute Gasteiger partial charge is 0.0713 e. The largest absolute Gasteiger partial charge is 0.380 e. The molecule has 1 atom stereocenters. The molecule has 0 amide bonds. The lowest BCUT2D eigenvalue weighted by molar-refractivity contribution is 0.185. The minimum absolute atomic E-state index is 0.217. The van der Waals surface area contributed by atoms with Crippen molar-refractivity contribution in [2.24, 2.45) is 11.7 Å². The molecule has 1 aliphatic carbocycles. The van der Waals surface area contributed by atoms with Crippen molar-refractivity contribution in [3.8, 4) is 0 Å². The molecule has 2 heteroatoms. The fraction of sp³-hybridized carbons (Fsp3) is 0.538. The molecule has 0 spiro atoms. The predicted molar refractivity (Wildman–Crippen MR) is 61.4 cm³/mol.